The monoisotopic (exact) mass is 246 g/mol. The van der Waals surface area contributed by atoms with Crippen LogP contribution in [0.15, 0.2) is 0 Å². The van der Waals surface area contributed by atoms with E-state index in [0.29, 0.717) is 5.91 Å². The second-order valence-electron chi connectivity index (χ2n) is 3.86. The van der Waals surface area contributed by atoms with Gasteiger partial charge < -0.3 is 10.2 Å². The first-order valence-corrected chi connectivity index (χ1v) is 7.77. The first-order chi connectivity index (χ1) is 7.38. The molecular weight excluding hydrogens is 228 g/mol. The number of nitrogens with one attached hydrogen (secondary N) is 1. The van der Waals surface area contributed by atoms with Gasteiger partial charge in [0.25, 0.3) is 0 Å². The summed E-state index contributed by atoms with van der Waals surface area (Å²) in [4.78, 5) is 14.2. The summed E-state index contributed by atoms with van der Waals surface area (Å²) in [7, 11) is 0. The molecule has 0 aromatic rings. The molecule has 1 N–H and O–H groups in total. The van der Waals surface area contributed by atoms with Gasteiger partial charge in [-0.25, -0.2) is 0 Å². The Hall–Kier alpha value is 0.130. The lowest BCUT2D eigenvalue weighted by Gasteiger charge is -2.27. The Morgan fingerprint density at radius 3 is 3.00 bits per heavy atom. The van der Waals surface area contributed by atoms with Crippen LogP contribution in [-0.2, 0) is 4.79 Å². The Labute approximate surface area is 99.7 Å². The smallest absolute Gasteiger partial charge is 0.236 e. The van der Waals surface area contributed by atoms with Gasteiger partial charge in [-0.05, 0) is 13.0 Å². The van der Waals surface area contributed by atoms with Gasteiger partial charge in [-0.3, -0.25) is 4.79 Å². The van der Waals surface area contributed by atoms with Crippen LogP contribution in [0.4, 0.5) is 0 Å². The lowest BCUT2D eigenvalue weighted by Crippen LogP contribution is -2.41. The average Bonchev–Trinajstić information content (AvgIpc) is 2.58. The summed E-state index contributed by atoms with van der Waals surface area (Å²) in [5.41, 5.74) is 0. The summed E-state index contributed by atoms with van der Waals surface area (Å²) >= 11 is 3.76. The summed E-state index contributed by atoms with van der Waals surface area (Å²) < 4.78 is 0. The number of carbonyl (C=O) groups is 1. The molecule has 2 heterocycles. The van der Waals surface area contributed by atoms with Crippen LogP contribution in [0.5, 0.6) is 0 Å². The van der Waals surface area contributed by atoms with Crippen LogP contribution < -0.4 is 5.32 Å². The molecule has 2 aliphatic rings. The van der Waals surface area contributed by atoms with Crippen LogP contribution in [0, 0.1) is 0 Å². The van der Waals surface area contributed by atoms with Gasteiger partial charge in [0.05, 0.1) is 5.25 Å². The number of carbonyl (C=O) groups excluding carboxylic acids is 1. The van der Waals surface area contributed by atoms with Gasteiger partial charge in [-0.1, -0.05) is 0 Å². The van der Waals surface area contributed by atoms with E-state index in [1.54, 1.807) is 0 Å². The molecule has 1 unspecified atom stereocenters. The van der Waals surface area contributed by atoms with Crippen molar-refractivity contribution in [3.05, 3.63) is 0 Å². The Balaban J connectivity index is 1.87. The minimum Gasteiger partial charge on any atom is -0.340 e. The zero-order valence-electron chi connectivity index (χ0n) is 8.91. The van der Waals surface area contributed by atoms with Crippen LogP contribution in [0.25, 0.3) is 0 Å². The number of nitrogens with zero attached hydrogens (tertiary/aromatic N) is 1. The predicted octanol–water partition coefficient (Wildman–Crippen LogP) is 0.657. The Morgan fingerprint density at radius 2 is 2.20 bits per heavy atom. The SMILES string of the molecule is O=C(C1CSCCS1)N1CCCNCC1. The Morgan fingerprint density at radius 1 is 1.27 bits per heavy atom. The van der Waals surface area contributed by atoms with Crippen LogP contribution in [-0.4, -0.2) is 59.5 Å². The van der Waals surface area contributed by atoms with Crippen molar-refractivity contribution in [2.45, 2.75) is 11.7 Å². The molecule has 2 aliphatic heterocycles. The Bertz CT molecular complexity index is 211. The van der Waals surface area contributed by atoms with Crippen molar-refractivity contribution in [1.29, 1.82) is 0 Å². The summed E-state index contributed by atoms with van der Waals surface area (Å²) in [6, 6.07) is 0. The molecule has 0 aliphatic carbocycles. The number of thioether (sulfide) groups is 2. The van der Waals surface area contributed by atoms with E-state index in [9.17, 15) is 4.79 Å². The third-order valence-electron chi connectivity index (χ3n) is 2.74. The molecule has 2 saturated heterocycles. The van der Waals surface area contributed by atoms with E-state index in [0.717, 1.165) is 44.1 Å². The zero-order chi connectivity index (χ0) is 10.5. The van der Waals surface area contributed by atoms with E-state index in [1.807, 2.05) is 28.4 Å². The largest absolute Gasteiger partial charge is 0.340 e. The molecule has 0 bridgehead atoms. The first-order valence-electron chi connectivity index (χ1n) is 5.57. The third kappa shape index (κ3) is 3.29. The maximum absolute atomic E-state index is 12.2. The van der Waals surface area contributed by atoms with Gasteiger partial charge in [-0.15, -0.1) is 11.8 Å². The van der Waals surface area contributed by atoms with Crippen molar-refractivity contribution >= 4 is 29.4 Å². The van der Waals surface area contributed by atoms with Gasteiger partial charge in [-0.2, -0.15) is 11.8 Å². The second-order valence-corrected chi connectivity index (χ2v) is 6.32. The fourth-order valence-corrected chi connectivity index (χ4v) is 4.53. The van der Waals surface area contributed by atoms with E-state index < -0.39 is 0 Å². The predicted molar refractivity (Wildman–Crippen MR) is 67.6 cm³/mol. The van der Waals surface area contributed by atoms with Gasteiger partial charge >= 0.3 is 0 Å². The lowest BCUT2D eigenvalue weighted by atomic mass is 10.3. The number of rotatable bonds is 1. The van der Waals surface area contributed by atoms with E-state index in [2.05, 4.69) is 5.32 Å². The molecule has 5 heteroatoms. The molecule has 1 amide bonds. The maximum atomic E-state index is 12.2. The molecule has 0 aromatic heterocycles. The molecule has 15 heavy (non-hydrogen) atoms. The number of hydrogen-bond donors (Lipinski definition) is 1. The number of hydrogen-bond acceptors (Lipinski definition) is 4. The highest BCUT2D eigenvalue weighted by molar-refractivity contribution is 8.07. The Kier molecular flexibility index (Phi) is 4.65. The van der Waals surface area contributed by atoms with Crippen molar-refractivity contribution in [2.75, 3.05) is 43.4 Å². The van der Waals surface area contributed by atoms with Crippen molar-refractivity contribution in [2.24, 2.45) is 0 Å². The van der Waals surface area contributed by atoms with E-state index in [-0.39, 0.29) is 5.25 Å². The summed E-state index contributed by atoms with van der Waals surface area (Å²) in [5.74, 6) is 3.72. The fourth-order valence-electron chi connectivity index (χ4n) is 1.90. The average molecular weight is 246 g/mol. The second kappa shape index (κ2) is 6.01. The van der Waals surface area contributed by atoms with Crippen LogP contribution in [0.1, 0.15) is 6.42 Å². The molecule has 2 fully saturated rings. The van der Waals surface area contributed by atoms with E-state index in [4.69, 9.17) is 0 Å². The van der Waals surface area contributed by atoms with Gasteiger partial charge in [0.2, 0.25) is 5.91 Å². The molecule has 0 saturated carbocycles. The molecule has 2 rings (SSSR count). The molecule has 0 spiro atoms. The fraction of sp³-hybridized carbons (Fsp3) is 0.900. The van der Waals surface area contributed by atoms with E-state index >= 15 is 0 Å². The highest BCUT2D eigenvalue weighted by Gasteiger charge is 2.26. The third-order valence-corrected chi connectivity index (χ3v) is 5.48. The standard InChI is InChI=1S/C10H18N2OS2/c13-10(9-8-14-6-7-15-9)12-4-1-2-11-3-5-12/h9,11H,1-8H2. The maximum Gasteiger partial charge on any atom is 0.236 e. The zero-order valence-corrected chi connectivity index (χ0v) is 10.5. The highest BCUT2D eigenvalue weighted by Crippen LogP contribution is 2.25. The van der Waals surface area contributed by atoms with Crippen molar-refractivity contribution in [1.82, 2.24) is 10.2 Å². The number of amides is 1. The van der Waals surface area contributed by atoms with Gasteiger partial charge in [0, 0.05) is 36.9 Å². The molecule has 0 radical (unpaired) electrons. The first kappa shape index (κ1) is 11.6. The lowest BCUT2D eigenvalue weighted by molar-refractivity contribution is -0.130. The minimum absolute atomic E-state index is 0.224. The molecular formula is C10H18N2OS2. The minimum atomic E-state index is 0.224. The quantitative estimate of drug-likeness (QED) is 0.736. The summed E-state index contributed by atoms with van der Waals surface area (Å²) in [6.07, 6.45) is 1.09. The molecule has 3 nitrogen and oxygen atoms in total. The van der Waals surface area contributed by atoms with Gasteiger partial charge in [0.15, 0.2) is 0 Å². The normalized spacial score (nSPS) is 28.5. The van der Waals surface area contributed by atoms with Crippen LogP contribution >= 0.6 is 23.5 Å². The van der Waals surface area contributed by atoms with Crippen LogP contribution in [0.2, 0.25) is 0 Å². The highest BCUT2D eigenvalue weighted by atomic mass is 32.2. The molecule has 1 atom stereocenters. The van der Waals surface area contributed by atoms with Gasteiger partial charge in [0.1, 0.15) is 0 Å². The topological polar surface area (TPSA) is 32.3 Å². The van der Waals surface area contributed by atoms with Crippen molar-refractivity contribution < 1.29 is 4.79 Å². The van der Waals surface area contributed by atoms with Crippen molar-refractivity contribution in [3.63, 3.8) is 0 Å². The summed E-state index contributed by atoms with van der Waals surface area (Å²) in [6.45, 7) is 3.83. The molecule has 86 valence electrons. The summed E-state index contributed by atoms with van der Waals surface area (Å²) in [5, 5.41) is 3.55. The van der Waals surface area contributed by atoms with Crippen molar-refractivity contribution in [3.8, 4) is 0 Å². The van der Waals surface area contributed by atoms with Crippen LogP contribution in [0.3, 0.4) is 0 Å². The van der Waals surface area contributed by atoms with E-state index in [1.165, 1.54) is 5.75 Å². The molecule has 0 aromatic carbocycles.